The lowest BCUT2D eigenvalue weighted by molar-refractivity contribution is 0.665. The van der Waals surface area contributed by atoms with Gasteiger partial charge in [-0.05, 0) is 30.2 Å². The van der Waals surface area contributed by atoms with E-state index in [4.69, 9.17) is 17.3 Å². The van der Waals surface area contributed by atoms with Crippen molar-refractivity contribution in [1.29, 1.82) is 0 Å². The van der Waals surface area contributed by atoms with Gasteiger partial charge in [-0.25, -0.2) is 0 Å². The molecule has 1 aromatic heterocycles. The first-order valence-electron chi connectivity index (χ1n) is 6.57. The van der Waals surface area contributed by atoms with Crippen LogP contribution in [-0.2, 0) is 13.5 Å². The van der Waals surface area contributed by atoms with Crippen LogP contribution < -0.4 is 5.73 Å². The number of para-hydroxylation sites is 1. The molecule has 1 atom stereocenters. The topological polar surface area (TPSA) is 43.8 Å². The highest BCUT2D eigenvalue weighted by atomic mass is 35.5. The van der Waals surface area contributed by atoms with Gasteiger partial charge in [0.25, 0.3) is 0 Å². The quantitative estimate of drug-likeness (QED) is 0.801. The van der Waals surface area contributed by atoms with Crippen LogP contribution in [0.4, 0.5) is 0 Å². The standard InChI is InChI=1S/C16H16ClN3/c1-20-15-8-3-2-7-13(15)16(19-20)14(18)10-11-5-4-6-12(17)9-11/h2-9,14H,10,18H2,1H3. The van der Waals surface area contributed by atoms with Gasteiger partial charge in [0.2, 0.25) is 0 Å². The molecule has 4 heteroatoms. The fourth-order valence-corrected chi connectivity index (χ4v) is 2.74. The molecule has 1 unspecified atom stereocenters. The van der Waals surface area contributed by atoms with E-state index in [-0.39, 0.29) is 6.04 Å². The first kappa shape index (κ1) is 13.2. The van der Waals surface area contributed by atoms with Crippen molar-refractivity contribution in [2.75, 3.05) is 0 Å². The second-order valence-electron chi connectivity index (χ2n) is 4.97. The van der Waals surface area contributed by atoms with Crippen molar-refractivity contribution in [3.05, 3.63) is 64.8 Å². The average molecular weight is 286 g/mol. The minimum absolute atomic E-state index is 0.139. The summed E-state index contributed by atoms with van der Waals surface area (Å²) in [6.07, 6.45) is 0.724. The van der Waals surface area contributed by atoms with Crippen LogP contribution in [0.15, 0.2) is 48.5 Å². The SMILES string of the molecule is Cn1nc(C(N)Cc2cccc(Cl)c2)c2ccccc21. The number of hydrogen-bond acceptors (Lipinski definition) is 2. The highest BCUT2D eigenvalue weighted by Crippen LogP contribution is 2.24. The summed E-state index contributed by atoms with van der Waals surface area (Å²) in [6.45, 7) is 0. The van der Waals surface area contributed by atoms with Crippen LogP contribution in [0.2, 0.25) is 5.02 Å². The molecule has 0 aliphatic rings. The van der Waals surface area contributed by atoms with Crippen LogP contribution in [0, 0.1) is 0 Å². The Morgan fingerprint density at radius 2 is 2.00 bits per heavy atom. The maximum atomic E-state index is 6.34. The monoisotopic (exact) mass is 285 g/mol. The molecule has 0 aliphatic carbocycles. The number of nitrogens with two attached hydrogens (primary N) is 1. The molecule has 0 amide bonds. The van der Waals surface area contributed by atoms with Crippen LogP contribution >= 0.6 is 11.6 Å². The first-order chi connectivity index (χ1) is 9.65. The lowest BCUT2D eigenvalue weighted by Gasteiger charge is -2.10. The number of nitrogens with zero attached hydrogens (tertiary/aromatic N) is 2. The van der Waals surface area contributed by atoms with Crippen molar-refractivity contribution in [3.63, 3.8) is 0 Å². The third kappa shape index (κ3) is 2.42. The van der Waals surface area contributed by atoms with E-state index in [1.807, 2.05) is 48.1 Å². The van der Waals surface area contributed by atoms with Crippen molar-refractivity contribution in [1.82, 2.24) is 9.78 Å². The number of halogens is 1. The Morgan fingerprint density at radius 3 is 2.80 bits per heavy atom. The number of benzene rings is 2. The van der Waals surface area contributed by atoms with Gasteiger partial charge in [0, 0.05) is 17.5 Å². The van der Waals surface area contributed by atoms with E-state index < -0.39 is 0 Å². The van der Waals surface area contributed by atoms with Gasteiger partial charge in [-0.3, -0.25) is 4.68 Å². The molecule has 2 N–H and O–H groups in total. The maximum absolute atomic E-state index is 6.34. The maximum Gasteiger partial charge on any atom is 0.0873 e. The van der Waals surface area contributed by atoms with E-state index in [2.05, 4.69) is 17.2 Å². The van der Waals surface area contributed by atoms with Crippen LogP contribution in [0.1, 0.15) is 17.3 Å². The van der Waals surface area contributed by atoms with Crippen molar-refractivity contribution in [2.45, 2.75) is 12.5 Å². The largest absolute Gasteiger partial charge is 0.322 e. The van der Waals surface area contributed by atoms with Crippen LogP contribution in [0.5, 0.6) is 0 Å². The molecule has 102 valence electrons. The van der Waals surface area contributed by atoms with E-state index in [0.717, 1.165) is 33.6 Å². The van der Waals surface area contributed by atoms with Crippen molar-refractivity contribution in [2.24, 2.45) is 12.8 Å². The van der Waals surface area contributed by atoms with Gasteiger partial charge < -0.3 is 5.73 Å². The Hall–Kier alpha value is -1.84. The molecule has 0 aliphatic heterocycles. The molecule has 3 nitrogen and oxygen atoms in total. The second kappa shape index (κ2) is 5.27. The second-order valence-corrected chi connectivity index (χ2v) is 5.40. The highest BCUT2D eigenvalue weighted by molar-refractivity contribution is 6.30. The van der Waals surface area contributed by atoms with E-state index in [0.29, 0.717) is 0 Å². The third-order valence-electron chi connectivity index (χ3n) is 3.48. The molecule has 3 aromatic rings. The van der Waals surface area contributed by atoms with E-state index in [1.54, 1.807) is 0 Å². The minimum atomic E-state index is -0.139. The summed E-state index contributed by atoms with van der Waals surface area (Å²) in [5.74, 6) is 0. The number of hydrogen-bond donors (Lipinski definition) is 1. The Bertz CT molecular complexity index is 748. The van der Waals surface area contributed by atoms with E-state index >= 15 is 0 Å². The molecular weight excluding hydrogens is 270 g/mol. The van der Waals surface area contributed by atoms with Gasteiger partial charge in [0.05, 0.1) is 17.3 Å². The van der Waals surface area contributed by atoms with Crippen LogP contribution in [0.25, 0.3) is 10.9 Å². The lowest BCUT2D eigenvalue weighted by Crippen LogP contribution is -2.14. The van der Waals surface area contributed by atoms with E-state index in [9.17, 15) is 0 Å². The predicted octanol–water partition coefficient (Wildman–Crippen LogP) is 3.47. The first-order valence-corrected chi connectivity index (χ1v) is 6.94. The Balaban J connectivity index is 1.95. The molecule has 0 radical (unpaired) electrons. The molecule has 3 rings (SSSR count). The van der Waals surface area contributed by atoms with Gasteiger partial charge in [-0.2, -0.15) is 5.10 Å². The van der Waals surface area contributed by atoms with Gasteiger partial charge in [-0.1, -0.05) is 41.9 Å². The minimum Gasteiger partial charge on any atom is -0.322 e. The normalized spacial score (nSPS) is 12.8. The molecule has 1 heterocycles. The molecule has 0 fully saturated rings. The highest BCUT2D eigenvalue weighted by Gasteiger charge is 2.15. The molecule has 0 spiro atoms. The molecule has 2 aromatic carbocycles. The zero-order chi connectivity index (χ0) is 14.1. The van der Waals surface area contributed by atoms with Crippen LogP contribution in [0.3, 0.4) is 0 Å². The molecule has 0 bridgehead atoms. The fraction of sp³-hybridized carbons (Fsp3) is 0.188. The average Bonchev–Trinajstić information content (AvgIpc) is 2.77. The third-order valence-corrected chi connectivity index (χ3v) is 3.72. The van der Waals surface area contributed by atoms with Gasteiger partial charge in [0.1, 0.15) is 0 Å². The summed E-state index contributed by atoms with van der Waals surface area (Å²) in [7, 11) is 1.94. The Kier molecular flexibility index (Phi) is 3.47. The summed E-state index contributed by atoms with van der Waals surface area (Å²) >= 11 is 6.01. The van der Waals surface area contributed by atoms with Gasteiger partial charge in [-0.15, -0.1) is 0 Å². The summed E-state index contributed by atoms with van der Waals surface area (Å²) in [5.41, 5.74) is 9.50. The predicted molar refractivity (Wildman–Crippen MR) is 82.8 cm³/mol. The Morgan fingerprint density at radius 1 is 1.20 bits per heavy atom. The summed E-state index contributed by atoms with van der Waals surface area (Å²) in [6, 6.07) is 15.8. The van der Waals surface area contributed by atoms with Gasteiger partial charge >= 0.3 is 0 Å². The number of fused-ring (bicyclic) bond motifs is 1. The molecule has 20 heavy (non-hydrogen) atoms. The number of rotatable bonds is 3. The van der Waals surface area contributed by atoms with Crippen molar-refractivity contribution in [3.8, 4) is 0 Å². The molecule has 0 saturated heterocycles. The smallest absolute Gasteiger partial charge is 0.0873 e. The Labute approximate surface area is 123 Å². The summed E-state index contributed by atoms with van der Waals surface area (Å²) in [5, 5.41) is 6.42. The summed E-state index contributed by atoms with van der Waals surface area (Å²) in [4.78, 5) is 0. The van der Waals surface area contributed by atoms with E-state index in [1.165, 1.54) is 0 Å². The fourth-order valence-electron chi connectivity index (χ4n) is 2.53. The lowest BCUT2D eigenvalue weighted by atomic mass is 10.0. The number of aryl methyl sites for hydroxylation is 1. The van der Waals surface area contributed by atoms with Crippen molar-refractivity contribution < 1.29 is 0 Å². The molecular formula is C16H16ClN3. The van der Waals surface area contributed by atoms with Crippen LogP contribution in [-0.4, -0.2) is 9.78 Å². The van der Waals surface area contributed by atoms with Gasteiger partial charge in [0.15, 0.2) is 0 Å². The number of aromatic nitrogens is 2. The zero-order valence-electron chi connectivity index (χ0n) is 11.3. The molecule has 0 saturated carbocycles. The van der Waals surface area contributed by atoms with Crippen molar-refractivity contribution >= 4 is 22.5 Å². The summed E-state index contributed by atoms with van der Waals surface area (Å²) < 4.78 is 1.88. The zero-order valence-corrected chi connectivity index (χ0v) is 12.0.